The van der Waals surface area contributed by atoms with E-state index in [1.165, 1.54) is 0 Å². The third-order valence-electron chi connectivity index (χ3n) is 5.18. The van der Waals surface area contributed by atoms with Crippen molar-refractivity contribution in [3.63, 3.8) is 0 Å². The van der Waals surface area contributed by atoms with E-state index < -0.39 is 5.60 Å². The van der Waals surface area contributed by atoms with Crippen molar-refractivity contribution < 1.29 is 14.7 Å². The summed E-state index contributed by atoms with van der Waals surface area (Å²) < 4.78 is 0. The standard InChI is InChI=1S/C19H26N2O3/c22-17-9-5-2-6-12-20(17)13-10-18(23)21-14-11-19(24,15-21)16-7-3-1-4-8-16/h1,3-4,7-8,24H,2,5-6,9-15H2. The molecule has 3 rings (SSSR count). The number of likely N-dealkylation sites (tertiary alicyclic amines) is 2. The number of rotatable bonds is 4. The SMILES string of the molecule is O=C1CCCCCN1CCC(=O)N1CCC(O)(c2ccccc2)C1. The molecule has 2 aliphatic rings. The second kappa shape index (κ2) is 7.34. The number of nitrogens with zero attached hydrogens (tertiary/aromatic N) is 2. The lowest BCUT2D eigenvalue weighted by molar-refractivity contribution is -0.134. The van der Waals surface area contributed by atoms with Gasteiger partial charge in [0, 0.05) is 32.5 Å². The maximum absolute atomic E-state index is 12.5. The summed E-state index contributed by atoms with van der Waals surface area (Å²) in [5.41, 5.74) is -0.0852. The van der Waals surface area contributed by atoms with Crippen LogP contribution in [0.3, 0.4) is 0 Å². The van der Waals surface area contributed by atoms with Crippen molar-refractivity contribution in [1.29, 1.82) is 0 Å². The summed E-state index contributed by atoms with van der Waals surface area (Å²) in [6.45, 7) is 2.17. The predicted octanol–water partition coefficient (Wildman–Crippen LogP) is 1.90. The molecule has 24 heavy (non-hydrogen) atoms. The number of aliphatic hydroxyl groups is 1. The van der Waals surface area contributed by atoms with E-state index in [-0.39, 0.29) is 11.8 Å². The first-order valence-corrected chi connectivity index (χ1v) is 8.92. The van der Waals surface area contributed by atoms with Gasteiger partial charge in [-0.05, 0) is 24.8 Å². The largest absolute Gasteiger partial charge is 0.383 e. The number of amides is 2. The van der Waals surface area contributed by atoms with E-state index in [1.54, 1.807) is 4.90 Å². The monoisotopic (exact) mass is 330 g/mol. The zero-order valence-electron chi connectivity index (χ0n) is 14.1. The van der Waals surface area contributed by atoms with Gasteiger partial charge in [0.15, 0.2) is 0 Å². The first-order valence-electron chi connectivity index (χ1n) is 8.92. The summed E-state index contributed by atoms with van der Waals surface area (Å²) in [4.78, 5) is 28.0. The third-order valence-corrected chi connectivity index (χ3v) is 5.18. The molecule has 5 nitrogen and oxygen atoms in total. The number of carbonyl (C=O) groups is 2. The van der Waals surface area contributed by atoms with Crippen LogP contribution in [0.2, 0.25) is 0 Å². The van der Waals surface area contributed by atoms with Crippen LogP contribution < -0.4 is 0 Å². The maximum Gasteiger partial charge on any atom is 0.224 e. The normalized spacial score (nSPS) is 25.0. The first kappa shape index (κ1) is 17.0. The van der Waals surface area contributed by atoms with Gasteiger partial charge in [-0.1, -0.05) is 36.8 Å². The summed E-state index contributed by atoms with van der Waals surface area (Å²) in [5, 5.41) is 10.8. The molecule has 1 N–H and O–H groups in total. The van der Waals surface area contributed by atoms with E-state index >= 15 is 0 Å². The topological polar surface area (TPSA) is 60.9 Å². The molecule has 0 saturated carbocycles. The molecule has 1 aromatic rings. The first-order chi connectivity index (χ1) is 11.6. The van der Waals surface area contributed by atoms with Crippen molar-refractivity contribution in [2.45, 2.75) is 44.1 Å². The summed E-state index contributed by atoms with van der Waals surface area (Å²) in [5.74, 6) is 0.196. The van der Waals surface area contributed by atoms with Gasteiger partial charge in [-0.15, -0.1) is 0 Å². The molecule has 0 aromatic heterocycles. The van der Waals surface area contributed by atoms with Gasteiger partial charge in [-0.2, -0.15) is 0 Å². The Morgan fingerprint density at radius 1 is 1.12 bits per heavy atom. The van der Waals surface area contributed by atoms with Crippen molar-refractivity contribution in [1.82, 2.24) is 9.80 Å². The van der Waals surface area contributed by atoms with E-state index in [2.05, 4.69) is 0 Å². The predicted molar refractivity (Wildman–Crippen MR) is 91.2 cm³/mol. The smallest absolute Gasteiger partial charge is 0.224 e. The fourth-order valence-corrected chi connectivity index (χ4v) is 3.65. The highest BCUT2D eigenvalue weighted by Gasteiger charge is 2.39. The molecule has 2 fully saturated rings. The van der Waals surface area contributed by atoms with Gasteiger partial charge in [0.2, 0.25) is 11.8 Å². The Balaban J connectivity index is 1.54. The molecule has 0 aliphatic carbocycles. The quantitative estimate of drug-likeness (QED) is 0.917. The van der Waals surface area contributed by atoms with Crippen LogP contribution in [-0.2, 0) is 15.2 Å². The molecule has 2 saturated heterocycles. The summed E-state index contributed by atoms with van der Waals surface area (Å²) in [6.07, 6.45) is 4.58. The van der Waals surface area contributed by atoms with Crippen LogP contribution in [-0.4, -0.2) is 52.9 Å². The zero-order chi connectivity index (χ0) is 17.0. The van der Waals surface area contributed by atoms with Crippen molar-refractivity contribution in [2.75, 3.05) is 26.2 Å². The van der Waals surface area contributed by atoms with Crippen molar-refractivity contribution in [3.8, 4) is 0 Å². The number of benzene rings is 1. The molecule has 1 aromatic carbocycles. The molecular formula is C19H26N2O3. The van der Waals surface area contributed by atoms with Crippen molar-refractivity contribution in [3.05, 3.63) is 35.9 Å². The minimum Gasteiger partial charge on any atom is -0.383 e. The van der Waals surface area contributed by atoms with E-state index in [0.717, 1.165) is 31.4 Å². The maximum atomic E-state index is 12.5. The van der Waals surface area contributed by atoms with E-state index in [9.17, 15) is 14.7 Å². The van der Waals surface area contributed by atoms with Gasteiger partial charge in [0.25, 0.3) is 0 Å². The second-order valence-corrected chi connectivity index (χ2v) is 6.90. The number of hydrogen-bond acceptors (Lipinski definition) is 3. The van der Waals surface area contributed by atoms with Gasteiger partial charge in [0.1, 0.15) is 5.60 Å². The van der Waals surface area contributed by atoms with Gasteiger partial charge >= 0.3 is 0 Å². The van der Waals surface area contributed by atoms with Gasteiger partial charge in [-0.3, -0.25) is 9.59 Å². The minimum absolute atomic E-state index is 0.0268. The highest BCUT2D eigenvalue weighted by Crippen LogP contribution is 2.32. The Hall–Kier alpha value is -1.88. The number of hydrogen-bond donors (Lipinski definition) is 1. The van der Waals surface area contributed by atoms with Crippen LogP contribution in [0.4, 0.5) is 0 Å². The lowest BCUT2D eigenvalue weighted by atomic mass is 9.93. The molecule has 2 amide bonds. The molecule has 0 bridgehead atoms. The van der Waals surface area contributed by atoms with Crippen LogP contribution in [0.5, 0.6) is 0 Å². The fourth-order valence-electron chi connectivity index (χ4n) is 3.65. The van der Waals surface area contributed by atoms with Crippen molar-refractivity contribution in [2.24, 2.45) is 0 Å². The number of β-amino-alcohol motifs (C(OH)–C–C–N with tert-alkyl or cyclic N) is 1. The summed E-state index contributed by atoms with van der Waals surface area (Å²) in [7, 11) is 0. The van der Waals surface area contributed by atoms with Crippen molar-refractivity contribution >= 4 is 11.8 Å². The molecule has 130 valence electrons. The third kappa shape index (κ3) is 3.78. The molecule has 1 unspecified atom stereocenters. The molecule has 1 atom stereocenters. The van der Waals surface area contributed by atoms with E-state index in [0.29, 0.717) is 38.9 Å². The average Bonchev–Trinajstić information content (AvgIpc) is 2.89. The Morgan fingerprint density at radius 2 is 1.92 bits per heavy atom. The summed E-state index contributed by atoms with van der Waals surface area (Å²) in [6, 6.07) is 9.54. The van der Waals surface area contributed by atoms with Crippen LogP contribution in [0.25, 0.3) is 0 Å². The Morgan fingerprint density at radius 3 is 2.71 bits per heavy atom. The Bertz CT molecular complexity index is 590. The lowest BCUT2D eigenvalue weighted by Crippen LogP contribution is -2.38. The van der Waals surface area contributed by atoms with Crippen LogP contribution >= 0.6 is 0 Å². The minimum atomic E-state index is -0.949. The van der Waals surface area contributed by atoms with Gasteiger partial charge in [-0.25, -0.2) is 0 Å². The second-order valence-electron chi connectivity index (χ2n) is 6.90. The highest BCUT2D eigenvalue weighted by atomic mass is 16.3. The van der Waals surface area contributed by atoms with Crippen LogP contribution in [0.15, 0.2) is 30.3 Å². The Labute approximate surface area is 143 Å². The molecule has 2 heterocycles. The van der Waals surface area contributed by atoms with Gasteiger partial charge in [0.05, 0.1) is 6.54 Å². The lowest BCUT2D eigenvalue weighted by Gasteiger charge is -2.25. The number of carbonyl (C=O) groups excluding carboxylic acids is 2. The molecule has 2 aliphatic heterocycles. The van der Waals surface area contributed by atoms with E-state index in [4.69, 9.17) is 0 Å². The average molecular weight is 330 g/mol. The molecule has 5 heteroatoms. The fraction of sp³-hybridized carbons (Fsp3) is 0.579. The van der Waals surface area contributed by atoms with Gasteiger partial charge < -0.3 is 14.9 Å². The Kier molecular flexibility index (Phi) is 5.19. The molecule has 0 radical (unpaired) electrons. The van der Waals surface area contributed by atoms with Crippen LogP contribution in [0.1, 0.15) is 44.1 Å². The van der Waals surface area contributed by atoms with Crippen LogP contribution in [0, 0.1) is 0 Å². The molecular weight excluding hydrogens is 304 g/mol. The zero-order valence-corrected chi connectivity index (χ0v) is 14.1. The highest BCUT2D eigenvalue weighted by molar-refractivity contribution is 5.79. The molecule has 0 spiro atoms. The van der Waals surface area contributed by atoms with E-state index in [1.807, 2.05) is 35.2 Å². The summed E-state index contributed by atoms with van der Waals surface area (Å²) >= 11 is 0.